The van der Waals surface area contributed by atoms with E-state index in [0.29, 0.717) is 12.0 Å². The van der Waals surface area contributed by atoms with Crippen LogP contribution in [0.5, 0.6) is 0 Å². The molecule has 2 aromatic carbocycles. The highest BCUT2D eigenvalue weighted by molar-refractivity contribution is 9.11. The molecule has 0 aromatic heterocycles. The maximum Gasteiger partial charge on any atom is 0.0631 e. The lowest BCUT2D eigenvalue weighted by Gasteiger charge is -2.37. The summed E-state index contributed by atoms with van der Waals surface area (Å²) in [5, 5.41) is 3.63. The van der Waals surface area contributed by atoms with Crippen molar-refractivity contribution >= 4 is 37.5 Å². The smallest absolute Gasteiger partial charge is 0.0631 e. The first-order chi connectivity index (χ1) is 9.63. The standard InChI is InChI=1S/C17H17Br2N/c1-11-5-7-12(8-6-11)13-9-14(10-13)20-17-15(18)3-2-4-16(17)19/h2-8,13-14,20H,9-10H2,1H3. The molecule has 1 aliphatic carbocycles. The second-order valence-electron chi connectivity index (χ2n) is 5.52. The van der Waals surface area contributed by atoms with Crippen LogP contribution < -0.4 is 5.32 Å². The fraction of sp³-hybridized carbons (Fsp3) is 0.294. The Morgan fingerprint density at radius 2 is 1.55 bits per heavy atom. The number of halogens is 2. The van der Waals surface area contributed by atoms with E-state index in [1.807, 2.05) is 6.07 Å². The van der Waals surface area contributed by atoms with Crippen LogP contribution in [0, 0.1) is 6.92 Å². The van der Waals surface area contributed by atoms with Crippen molar-refractivity contribution in [1.82, 2.24) is 0 Å². The van der Waals surface area contributed by atoms with Crippen molar-refractivity contribution in [3.05, 3.63) is 62.5 Å². The van der Waals surface area contributed by atoms with Gasteiger partial charge in [0.05, 0.1) is 5.69 Å². The molecule has 2 aromatic rings. The van der Waals surface area contributed by atoms with Gasteiger partial charge in [0, 0.05) is 15.0 Å². The van der Waals surface area contributed by atoms with Crippen molar-refractivity contribution in [3.8, 4) is 0 Å². The minimum atomic E-state index is 0.566. The van der Waals surface area contributed by atoms with E-state index >= 15 is 0 Å². The van der Waals surface area contributed by atoms with Gasteiger partial charge in [0.25, 0.3) is 0 Å². The first kappa shape index (κ1) is 14.2. The van der Waals surface area contributed by atoms with Crippen molar-refractivity contribution in [2.75, 3.05) is 5.32 Å². The van der Waals surface area contributed by atoms with Crippen LogP contribution in [0.15, 0.2) is 51.4 Å². The van der Waals surface area contributed by atoms with Gasteiger partial charge in [0.15, 0.2) is 0 Å². The molecule has 0 unspecified atom stereocenters. The summed E-state index contributed by atoms with van der Waals surface area (Å²) in [5.74, 6) is 0.703. The number of aryl methyl sites for hydroxylation is 1. The molecule has 0 saturated heterocycles. The first-order valence-corrected chi connectivity index (χ1v) is 8.49. The average Bonchev–Trinajstić information content (AvgIpc) is 2.38. The Labute approximate surface area is 137 Å². The zero-order valence-electron chi connectivity index (χ0n) is 11.4. The van der Waals surface area contributed by atoms with Crippen molar-refractivity contribution in [2.45, 2.75) is 31.7 Å². The number of rotatable bonds is 3. The summed E-state index contributed by atoms with van der Waals surface area (Å²) >= 11 is 7.21. The molecule has 0 spiro atoms. The minimum Gasteiger partial charge on any atom is -0.380 e. The van der Waals surface area contributed by atoms with Gasteiger partial charge in [-0.1, -0.05) is 35.9 Å². The molecule has 1 nitrogen and oxygen atoms in total. The molecule has 1 saturated carbocycles. The number of benzene rings is 2. The maximum atomic E-state index is 3.63. The van der Waals surface area contributed by atoms with Crippen LogP contribution >= 0.6 is 31.9 Å². The van der Waals surface area contributed by atoms with Gasteiger partial charge in [-0.05, 0) is 75.2 Å². The molecule has 0 atom stereocenters. The van der Waals surface area contributed by atoms with Gasteiger partial charge in [-0.25, -0.2) is 0 Å². The minimum absolute atomic E-state index is 0.566. The van der Waals surface area contributed by atoms with Crippen molar-refractivity contribution in [2.24, 2.45) is 0 Å². The second-order valence-corrected chi connectivity index (χ2v) is 7.23. The lowest BCUT2D eigenvalue weighted by Crippen LogP contribution is -2.34. The van der Waals surface area contributed by atoms with Crippen LogP contribution in [0.3, 0.4) is 0 Å². The van der Waals surface area contributed by atoms with E-state index in [1.54, 1.807) is 0 Å². The summed E-state index contributed by atoms with van der Waals surface area (Å²) in [7, 11) is 0. The average molecular weight is 395 g/mol. The van der Waals surface area contributed by atoms with E-state index in [9.17, 15) is 0 Å². The Hall–Kier alpha value is -0.800. The molecule has 1 N–H and O–H groups in total. The quantitative estimate of drug-likeness (QED) is 0.685. The molecule has 1 fully saturated rings. The molecular weight excluding hydrogens is 378 g/mol. The maximum absolute atomic E-state index is 3.63. The SMILES string of the molecule is Cc1ccc(C2CC(Nc3c(Br)cccc3Br)C2)cc1. The largest absolute Gasteiger partial charge is 0.380 e. The Balaban J connectivity index is 1.62. The van der Waals surface area contributed by atoms with E-state index < -0.39 is 0 Å². The van der Waals surface area contributed by atoms with Crippen LogP contribution in [0.2, 0.25) is 0 Å². The Morgan fingerprint density at radius 3 is 2.15 bits per heavy atom. The molecule has 0 bridgehead atoms. The predicted octanol–water partition coefficient (Wildman–Crippen LogP) is 5.88. The van der Waals surface area contributed by atoms with E-state index in [1.165, 1.54) is 29.7 Å². The Kier molecular flexibility index (Phi) is 4.18. The van der Waals surface area contributed by atoms with Gasteiger partial charge in [-0.15, -0.1) is 0 Å². The number of anilines is 1. The molecule has 1 aliphatic rings. The zero-order chi connectivity index (χ0) is 14.1. The van der Waals surface area contributed by atoms with Gasteiger partial charge in [0.2, 0.25) is 0 Å². The van der Waals surface area contributed by atoms with Crippen molar-refractivity contribution in [1.29, 1.82) is 0 Å². The number of nitrogens with one attached hydrogen (secondary N) is 1. The van der Waals surface area contributed by atoms with Gasteiger partial charge >= 0.3 is 0 Å². The molecule has 20 heavy (non-hydrogen) atoms. The van der Waals surface area contributed by atoms with Gasteiger partial charge in [-0.2, -0.15) is 0 Å². The molecule has 104 valence electrons. The lowest BCUT2D eigenvalue weighted by atomic mass is 9.75. The topological polar surface area (TPSA) is 12.0 Å². The fourth-order valence-corrected chi connectivity index (χ4v) is 3.91. The van der Waals surface area contributed by atoms with Crippen LogP contribution in [0.25, 0.3) is 0 Å². The highest BCUT2D eigenvalue weighted by atomic mass is 79.9. The number of hydrogen-bond acceptors (Lipinski definition) is 1. The normalized spacial score (nSPS) is 21.4. The van der Waals surface area contributed by atoms with E-state index in [-0.39, 0.29) is 0 Å². The van der Waals surface area contributed by atoms with Gasteiger partial charge in [-0.3, -0.25) is 0 Å². The summed E-state index contributed by atoms with van der Waals surface area (Å²) < 4.78 is 2.23. The van der Waals surface area contributed by atoms with E-state index in [0.717, 1.165) is 8.95 Å². The van der Waals surface area contributed by atoms with Crippen LogP contribution in [-0.2, 0) is 0 Å². The molecular formula is C17H17Br2N. The molecule has 3 heteroatoms. The summed E-state index contributed by atoms with van der Waals surface area (Å²) in [6.45, 7) is 2.14. The van der Waals surface area contributed by atoms with Crippen LogP contribution in [0.4, 0.5) is 5.69 Å². The molecule has 3 rings (SSSR count). The molecule has 0 amide bonds. The van der Waals surface area contributed by atoms with Crippen LogP contribution in [0.1, 0.15) is 29.9 Å². The summed E-state index contributed by atoms with van der Waals surface area (Å²) in [5.41, 5.74) is 3.97. The number of para-hydroxylation sites is 1. The fourth-order valence-electron chi connectivity index (χ4n) is 2.69. The third-order valence-electron chi connectivity index (χ3n) is 4.00. The van der Waals surface area contributed by atoms with E-state index in [4.69, 9.17) is 0 Å². The Bertz CT molecular complexity index is 581. The zero-order valence-corrected chi connectivity index (χ0v) is 14.5. The predicted molar refractivity (Wildman–Crippen MR) is 92.4 cm³/mol. The molecule has 0 radical (unpaired) electrons. The summed E-state index contributed by atoms with van der Waals surface area (Å²) in [6, 6.07) is 15.7. The summed E-state index contributed by atoms with van der Waals surface area (Å²) in [6.07, 6.45) is 2.41. The molecule has 0 aliphatic heterocycles. The number of hydrogen-bond donors (Lipinski definition) is 1. The third-order valence-corrected chi connectivity index (χ3v) is 5.32. The second kappa shape index (κ2) is 5.90. The highest BCUT2D eigenvalue weighted by Gasteiger charge is 2.30. The van der Waals surface area contributed by atoms with Gasteiger partial charge < -0.3 is 5.32 Å². The van der Waals surface area contributed by atoms with Crippen molar-refractivity contribution in [3.63, 3.8) is 0 Å². The Morgan fingerprint density at radius 1 is 0.950 bits per heavy atom. The first-order valence-electron chi connectivity index (χ1n) is 6.90. The van der Waals surface area contributed by atoms with Crippen molar-refractivity contribution < 1.29 is 0 Å². The third kappa shape index (κ3) is 2.94. The highest BCUT2D eigenvalue weighted by Crippen LogP contribution is 2.41. The molecule has 0 heterocycles. The van der Waals surface area contributed by atoms with Gasteiger partial charge in [0.1, 0.15) is 0 Å². The monoisotopic (exact) mass is 393 g/mol. The van der Waals surface area contributed by atoms with Crippen LogP contribution in [-0.4, -0.2) is 6.04 Å². The summed E-state index contributed by atoms with van der Waals surface area (Å²) in [4.78, 5) is 0. The van der Waals surface area contributed by atoms with E-state index in [2.05, 4.69) is 80.5 Å². The lowest BCUT2D eigenvalue weighted by molar-refractivity contribution is 0.374.